The number of para-hydroxylation sites is 2. The fraction of sp³-hybridized carbons (Fsp3) is 0.273. The minimum absolute atomic E-state index is 0.126. The van der Waals surface area contributed by atoms with Crippen LogP contribution < -0.4 is 20.1 Å². The summed E-state index contributed by atoms with van der Waals surface area (Å²) in [6.45, 7) is 5.23. The molecule has 1 aromatic heterocycles. The number of anilines is 3. The molecule has 0 fully saturated rings. The van der Waals surface area contributed by atoms with Crippen LogP contribution in [0.25, 0.3) is 0 Å². The van der Waals surface area contributed by atoms with Crippen molar-refractivity contribution in [3.8, 4) is 17.4 Å². The van der Waals surface area contributed by atoms with E-state index in [4.69, 9.17) is 9.47 Å². The number of H-pyrrole nitrogens is 1. The average Bonchev–Trinajstić information content (AvgIpc) is 2.97. The lowest BCUT2D eigenvalue weighted by Crippen LogP contribution is -2.13. The third-order valence-electron chi connectivity index (χ3n) is 4.75. The van der Waals surface area contributed by atoms with Gasteiger partial charge in [0.2, 0.25) is 0 Å². The van der Waals surface area contributed by atoms with Crippen LogP contribution in [0.3, 0.4) is 0 Å². The first-order valence-electron chi connectivity index (χ1n) is 9.63. The van der Waals surface area contributed by atoms with E-state index in [0.717, 1.165) is 46.1 Å². The quantitative estimate of drug-likeness (QED) is 0.475. The zero-order chi connectivity index (χ0) is 19.5. The van der Waals surface area contributed by atoms with Crippen LogP contribution >= 0.6 is 0 Å². The van der Waals surface area contributed by atoms with E-state index >= 15 is 0 Å². The van der Waals surface area contributed by atoms with Crippen LogP contribution in [0.5, 0.6) is 17.4 Å². The van der Waals surface area contributed by atoms with Crippen molar-refractivity contribution >= 4 is 17.1 Å². The van der Waals surface area contributed by atoms with Crippen molar-refractivity contribution in [1.29, 1.82) is 0 Å². The van der Waals surface area contributed by atoms with Crippen molar-refractivity contribution in [2.24, 2.45) is 0 Å². The van der Waals surface area contributed by atoms with E-state index in [1.54, 1.807) is 6.20 Å². The van der Waals surface area contributed by atoms with Gasteiger partial charge in [0.25, 0.3) is 0 Å². The number of ether oxygens (including phenoxy) is 2. The van der Waals surface area contributed by atoms with E-state index in [2.05, 4.69) is 22.5 Å². The normalized spacial score (nSPS) is 14.9. The maximum atomic E-state index is 10.5. The van der Waals surface area contributed by atoms with Crippen LogP contribution in [0.1, 0.15) is 37.4 Å². The van der Waals surface area contributed by atoms with Gasteiger partial charge >= 0.3 is 0 Å². The van der Waals surface area contributed by atoms with Crippen LogP contribution in [0.15, 0.2) is 48.7 Å². The highest BCUT2D eigenvalue weighted by molar-refractivity contribution is 5.81. The second kappa shape index (κ2) is 7.76. The van der Waals surface area contributed by atoms with Gasteiger partial charge in [-0.1, -0.05) is 19.1 Å². The molecule has 3 aromatic rings. The molecule has 1 unspecified atom stereocenters. The molecule has 0 saturated heterocycles. The highest BCUT2D eigenvalue weighted by Crippen LogP contribution is 2.46. The van der Waals surface area contributed by atoms with E-state index in [-0.39, 0.29) is 11.9 Å². The number of hydrogen-bond donors (Lipinski definition) is 4. The third-order valence-corrected chi connectivity index (χ3v) is 4.75. The maximum Gasteiger partial charge on any atom is 0.196 e. The molecular weight excluding hydrogens is 354 g/mol. The Morgan fingerprint density at radius 3 is 2.61 bits per heavy atom. The zero-order valence-electron chi connectivity index (χ0n) is 16.1. The molecule has 4 N–H and O–H groups in total. The number of aromatic nitrogens is 1. The summed E-state index contributed by atoms with van der Waals surface area (Å²) in [6.07, 6.45) is 2.72. The van der Waals surface area contributed by atoms with Crippen molar-refractivity contribution < 1.29 is 14.6 Å². The molecule has 0 bridgehead atoms. The van der Waals surface area contributed by atoms with Gasteiger partial charge in [-0.2, -0.15) is 0 Å². The molecule has 4 rings (SSSR count). The highest BCUT2D eigenvalue weighted by Gasteiger charge is 2.29. The number of benzene rings is 2. The molecule has 0 spiro atoms. The van der Waals surface area contributed by atoms with Gasteiger partial charge in [-0.05, 0) is 37.6 Å². The van der Waals surface area contributed by atoms with Gasteiger partial charge in [0.1, 0.15) is 11.5 Å². The Morgan fingerprint density at radius 1 is 1.00 bits per heavy atom. The molecule has 0 aliphatic carbocycles. The number of nitrogens with one attached hydrogen (secondary N) is 3. The smallest absolute Gasteiger partial charge is 0.196 e. The van der Waals surface area contributed by atoms with E-state index in [1.807, 2.05) is 49.4 Å². The number of rotatable bonds is 6. The predicted octanol–water partition coefficient (Wildman–Crippen LogP) is 5.17. The summed E-state index contributed by atoms with van der Waals surface area (Å²) in [5.41, 5.74) is 4.41. The van der Waals surface area contributed by atoms with Gasteiger partial charge in [0.15, 0.2) is 5.88 Å². The number of fused-ring (bicyclic) bond motifs is 2. The monoisotopic (exact) mass is 379 g/mol. The van der Waals surface area contributed by atoms with E-state index in [9.17, 15) is 5.11 Å². The summed E-state index contributed by atoms with van der Waals surface area (Å²) in [4.78, 5) is 2.92. The van der Waals surface area contributed by atoms with Crippen molar-refractivity contribution in [1.82, 2.24) is 4.98 Å². The van der Waals surface area contributed by atoms with Gasteiger partial charge in [-0.15, -0.1) is 0 Å². The maximum absolute atomic E-state index is 10.5. The van der Waals surface area contributed by atoms with Crippen LogP contribution in [-0.2, 0) is 0 Å². The van der Waals surface area contributed by atoms with Crippen LogP contribution in [0.2, 0.25) is 0 Å². The Labute approximate surface area is 164 Å². The zero-order valence-corrected chi connectivity index (χ0v) is 16.1. The first-order chi connectivity index (χ1) is 13.7. The molecule has 0 amide bonds. The first kappa shape index (κ1) is 18.1. The van der Waals surface area contributed by atoms with Gasteiger partial charge < -0.3 is 30.2 Å². The molecule has 28 heavy (non-hydrogen) atoms. The fourth-order valence-corrected chi connectivity index (χ4v) is 3.49. The molecule has 6 heteroatoms. The summed E-state index contributed by atoms with van der Waals surface area (Å²) in [5.74, 6) is 1.64. The van der Waals surface area contributed by atoms with Crippen LogP contribution in [0.4, 0.5) is 17.1 Å². The highest BCUT2D eigenvalue weighted by atomic mass is 16.5. The largest absolute Gasteiger partial charge is 0.494 e. The molecule has 1 aliphatic heterocycles. The summed E-state index contributed by atoms with van der Waals surface area (Å²) < 4.78 is 11.7. The third kappa shape index (κ3) is 3.33. The lowest BCUT2D eigenvalue weighted by Gasteiger charge is -2.22. The molecule has 0 saturated carbocycles. The fourth-order valence-electron chi connectivity index (χ4n) is 3.49. The van der Waals surface area contributed by atoms with Gasteiger partial charge in [-0.25, -0.2) is 0 Å². The average molecular weight is 379 g/mol. The Bertz CT molecular complexity index is 967. The second-order valence-electron chi connectivity index (χ2n) is 6.69. The Hall–Kier alpha value is -3.28. The molecule has 0 radical (unpaired) electrons. The molecule has 2 aromatic carbocycles. The van der Waals surface area contributed by atoms with Crippen molar-refractivity contribution in [2.45, 2.75) is 26.3 Å². The lowest BCUT2D eigenvalue weighted by molar-refractivity contribution is 0.307. The van der Waals surface area contributed by atoms with Crippen molar-refractivity contribution in [3.05, 3.63) is 59.8 Å². The topological polar surface area (TPSA) is 78.5 Å². The standard InChI is InChI=1S/C22H25N3O3/c1-3-11-28-14-9-10-15(19(12-14)27-4-2)21-20-18(13-23-22(20)26)24-16-7-5-6-8-17(16)25-21/h5-10,12-13,21,23-26H,3-4,11H2,1-2H3. The summed E-state index contributed by atoms with van der Waals surface area (Å²) in [7, 11) is 0. The van der Waals surface area contributed by atoms with E-state index in [0.29, 0.717) is 13.2 Å². The first-order valence-corrected chi connectivity index (χ1v) is 9.63. The SMILES string of the molecule is CCCOc1ccc(C2Nc3ccccc3Nc3c[nH]c(O)c32)c(OCC)c1. The van der Waals surface area contributed by atoms with E-state index in [1.165, 1.54) is 0 Å². The Balaban J connectivity index is 1.81. The molecule has 1 atom stereocenters. The van der Waals surface area contributed by atoms with Gasteiger partial charge in [-0.3, -0.25) is 0 Å². The number of aromatic amines is 1. The molecular formula is C22H25N3O3. The van der Waals surface area contributed by atoms with Gasteiger partial charge in [0.05, 0.1) is 41.9 Å². The minimum Gasteiger partial charge on any atom is -0.494 e. The van der Waals surface area contributed by atoms with Crippen LogP contribution in [-0.4, -0.2) is 23.3 Å². The molecule has 146 valence electrons. The second-order valence-corrected chi connectivity index (χ2v) is 6.69. The Morgan fingerprint density at radius 2 is 1.82 bits per heavy atom. The molecule has 6 nitrogen and oxygen atoms in total. The molecule has 1 aliphatic rings. The summed E-state index contributed by atoms with van der Waals surface area (Å²) in [6, 6.07) is 13.6. The lowest BCUT2D eigenvalue weighted by atomic mass is 9.98. The van der Waals surface area contributed by atoms with Gasteiger partial charge in [0, 0.05) is 17.8 Å². The van der Waals surface area contributed by atoms with Crippen LogP contribution in [0, 0.1) is 0 Å². The number of hydrogen-bond acceptors (Lipinski definition) is 5. The minimum atomic E-state index is -0.292. The summed E-state index contributed by atoms with van der Waals surface area (Å²) >= 11 is 0. The predicted molar refractivity (Wildman–Crippen MR) is 111 cm³/mol. The molecule has 2 heterocycles. The van der Waals surface area contributed by atoms with Crippen molar-refractivity contribution in [2.75, 3.05) is 23.8 Å². The van der Waals surface area contributed by atoms with E-state index < -0.39 is 0 Å². The summed E-state index contributed by atoms with van der Waals surface area (Å²) in [5, 5.41) is 17.5. The Kier molecular flexibility index (Phi) is 5.02. The van der Waals surface area contributed by atoms with Crippen molar-refractivity contribution in [3.63, 3.8) is 0 Å². The number of aromatic hydroxyl groups is 1.